The Morgan fingerprint density at radius 3 is 2.44 bits per heavy atom. The first-order chi connectivity index (χ1) is 16.6. The monoisotopic (exact) mass is 459 g/mol. The van der Waals surface area contributed by atoms with Crippen LogP contribution in [0, 0.1) is 5.92 Å². The Balaban J connectivity index is 1.45. The van der Waals surface area contributed by atoms with E-state index in [-0.39, 0.29) is 11.9 Å². The lowest BCUT2D eigenvalue weighted by Crippen LogP contribution is -2.37. The molecule has 6 nitrogen and oxygen atoms in total. The number of hydrogen-bond donors (Lipinski definition) is 1. The largest absolute Gasteiger partial charge is 0.493 e. The minimum Gasteiger partial charge on any atom is -0.493 e. The quantitative estimate of drug-likeness (QED) is 0.574. The van der Waals surface area contributed by atoms with E-state index in [1.807, 2.05) is 30.3 Å². The predicted octanol–water partition coefficient (Wildman–Crippen LogP) is 5.12. The molecule has 0 atom stereocenters. The molecule has 0 bridgehead atoms. The number of ether oxygens (including phenoxy) is 2. The number of rotatable bonds is 5. The van der Waals surface area contributed by atoms with Gasteiger partial charge in [-0.2, -0.15) is 0 Å². The fourth-order valence-corrected chi connectivity index (χ4v) is 5.26. The third-order valence-electron chi connectivity index (χ3n) is 7.34. The highest BCUT2D eigenvalue weighted by atomic mass is 16.5. The standard InChI is InChI=1S/C28H33N3O3/c1-18-8-10-21(11-9-18)29-28(32)23-16-27(30-24-7-5-4-6-22(23)24)31-13-12-19-14-25(33-2)26(34-3)15-20(19)17-31/h4-7,14-16,18,21H,8-13,17H2,1-3H3,(H,29,32). The first kappa shape index (κ1) is 22.5. The maximum absolute atomic E-state index is 13.4. The molecule has 6 heteroatoms. The Kier molecular flexibility index (Phi) is 6.31. The third kappa shape index (κ3) is 4.41. The summed E-state index contributed by atoms with van der Waals surface area (Å²) in [4.78, 5) is 20.6. The van der Waals surface area contributed by atoms with Crippen molar-refractivity contribution in [3.63, 3.8) is 0 Å². The van der Waals surface area contributed by atoms with Gasteiger partial charge in [0.05, 0.1) is 25.3 Å². The van der Waals surface area contributed by atoms with Gasteiger partial charge >= 0.3 is 0 Å². The Hall–Kier alpha value is -3.28. The normalized spacial score (nSPS) is 20.0. The molecule has 0 saturated heterocycles. The van der Waals surface area contributed by atoms with Gasteiger partial charge in [0.2, 0.25) is 0 Å². The van der Waals surface area contributed by atoms with Gasteiger partial charge in [-0.25, -0.2) is 4.98 Å². The number of benzene rings is 2. The van der Waals surface area contributed by atoms with Crippen molar-refractivity contribution in [1.29, 1.82) is 0 Å². The summed E-state index contributed by atoms with van der Waals surface area (Å²) in [6.45, 7) is 3.83. The van der Waals surface area contributed by atoms with E-state index in [0.29, 0.717) is 12.1 Å². The molecule has 0 radical (unpaired) electrons. The van der Waals surface area contributed by atoms with Gasteiger partial charge in [-0.05, 0) is 73.4 Å². The van der Waals surface area contributed by atoms with Crippen molar-refractivity contribution in [2.45, 2.75) is 51.6 Å². The van der Waals surface area contributed by atoms with Crippen LogP contribution in [0.5, 0.6) is 11.5 Å². The van der Waals surface area contributed by atoms with Gasteiger partial charge in [0, 0.05) is 24.5 Å². The Morgan fingerprint density at radius 1 is 1.00 bits per heavy atom. The zero-order valence-corrected chi connectivity index (χ0v) is 20.3. The number of nitrogens with one attached hydrogen (secondary N) is 1. The zero-order valence-electron chi connectivity index (χ0n) is 20.3. The Bertz CT molecular complexity index is 1200. The number of amides is 1. The molecule has 178 valence electrons. The average molecular weight is 460 g/mol. The van der Waals surface area contributed by atoms with E-state index in [1.165, 1.54) is 24.0 Å². The summed E-state index contributed by atoms with van der Waals surface area (Å²) in [6, 6.07) is 14.3. The molecule has 1 aromatic heterocycles. The molecule has 0 unspecified atom stereocenters. The molecule has 2 aromatic carbocycles. The summed E-state index contributed by atoms with van der Waals surface area (Å²) < 4.78 is 11.0. The van der Waals surface area contributed by atoms with Crippen LogP contribution in [-0.2, 0) is 13.0 Å². The van der Waals surface area contributed by atoms with Crippen molar-refractivity contribution >= 4 is 22.6 Å². The van der Waals surface area contributed by atoms with Crippen molar-refractivity contribution in [3.05, 3.63) is 59.2 Å². The van der Waals surface area contributed by atoms with Crippen molar-refractivity contribution in [3.8, 4) is 11.5 Å². The molecule has 1 aliphatic carbocycles. The summed E-state index contributed by atoms with van der Waals surface area (Å²) >= 11 is 0. The molecular formula is C28H33N3O3. The topological polar surface area (TPSA) is 63.7 Å². The summed E-state index contributed by atoms with van der Waals surface area (Å²) in [5.74, 6) is 3.08. The average Bonchev–Trinajstić information content (AvgIpc) is 2.88. The molecule has 0 spiro atoms. The highest BCUT2D eigenvalue weighted by Gasteiger charge is 2.24. The first-order valence-electron chi connectivity index (χ1n) is 12.2. The number of methoxy groups -OCH3 is 2. The van der Waals surface area contributed by atoms with Crippen LogP contribution in [0.2, 0.25) is 0 Å². The lowest BCUT2D eigenvalue weighted by molar-refractivity contribution is 0.0924. The van der Waals surface area contributed by atoms with Gasteiger partial charge in [0.25, 0.3) is 5.91 Å². The van der Waals surface area contributed by atoms with Crippen LogP contribution in [0.3, 0.4) is 0 Å². The second kappa shape index (κ2) is 9.53. The molecule has 5 rings (SSSR count). The van der Waals surface area contributed by atoms with Crippen molar-refractivity contribution in [1.82, 2.24) is 10.3 Å². The smallest absolute Gasteiger partial charge is 0.252 e. The number of carbonyl (C=O) groups is 1. The molecule has 2 heterocycles. The Morgan fingerprint density at radius 2 is 1.71 bits per heavy atom. The molecule has 2 aliphatic rings. The SMILES string of the molecule is COc1cc2c(cc1OC)CN(c1cc(C(=O)NC3CCC(C)CC3)c3ccccc3n1)CC2. The fourth-order valence-electron chi connectivity index (χ4n) is 5.26. The fraction of sp³-hybridized carbons (Fsp3) is 0.429. The van der Waals surface area contributed by atoms with Crippen LogP contribution in [0.25, 0.3) is 10.9 Å². The van der Waals surface area contributed by atoms with E-state index in [0.717, 1.165) is 59.9 Å². The van der Waals surface area contributed by atoms with Crippen LogP contribution >= 0.6 is 0 Å². The van der Waals surface area contributed by atoms with E-state index in [2.05, 4.69) is 29.3 Å². The van der Waals surface area contributed by atoms with E-state index < -0.39 is 0 Å². The number of anilines is 1. The highest BCUT2D eigenvalue weighted by Crippen LogP contribution is 2.35. The molecule has 1 amide bonds. The van der Waals surface area contributed by atoms with Crippen molar-refractivity contribution < 1.29 is 14.3 Å². The molecule has 1 N–H and O–H groups in total. The van der Waals surface area contributed by atoms with Gasteiger partial charge in [-0.1, -0.05) is 25.1 Å². The number of para-hydroxylation sites is 1. The minimum absolute atomic E-state index is 0.00298. The molecule has 34 heavy (non-hydrogen) atoms. The maximum atomic E-state index is 13.4. The number of nitrogens with zero attached hydrogens (tertiary/aromatic N) is 2. The van der Waals surface area contributed by atoms with Gasteiger partial charge in [-0.3, -0.25) is 4.79 Å². The van der Waals surface area contributed by atoms with Crippen molar-refractivity contribution in [2.24, 2.45) is 5.92 Å². The lowest BCUT2D eigenvalue weighted by atomic mass is 9.87. The second-order valence-electron chi connectivity index (χ2n) is 9.62. The number of fused-ring (bicyclic) bond motifs is 2. The number of aromatic nitrogens is 1. The van der Waals surface area contributed by atoms with Crippen LogP contribution in [0.15, 0.2) is 42.5 Å². The van der Waals surface area contributed by atoms with Gasteiger partial charge in [0.1, 0.15) is 5.82 Å². The van der Waals surface area contributed by atoms with E-state index in [4.69, 9.17) is 14.5 Å². The van der Waals surface area contributed by atoms with Gasteiger partial charge < -0.3 is 19.7 Å². The molecule has 1 saturated carbocycles. The van der Waals surface area contributed by atoms with E-state index in [9.17, 15) is 4.79 Å². The first-order valence-corrected chi connectivity index (χ1v) is 12.2. The summed E-state index contributed by atoms with van der Waals surface area (Å²) in [7, 11) is 3.33. The van der Waals surface area contributed by atoms with E-state index >= 15 is 0 Å². The molecule has 1 aliphatic heterocycles. The minimum atomic E-state index is 0.00298. The number of hydrogen-bond acceptors (Lipinski definition) is 5. The number of carbonyl (C=O) groups excluding carboxylic acids is 1. The summed E-state index contributed by atoms with van der Waals surface area (Å²) in [5.41, 5.74) is 4.01. The van der Waals surface area contributed by atoms with Gasteiger partial charge in [0.15, 0.2) is 11.5 Å². The highest BCUT2D eigenvalue weighted by molar-refractivity contribution is 6.07. The van der Waals surface area contributed by atoms with Crippen LogP contribution < -0.4 is 19.7 Å². The number of pyridine rings is 1. The molecular weight excluding hydrogens is 426 g/mol. The summed E-state index contributed by atoms with van der Waals surface area (Å²) in [6.07, 6.45) is 5.34. The Labute approximate surface area is 201 Å². The van der Waals surface area contributed by atoms with Crippen molar-refractivity contribution in [2.75, 3.05) is 25.7 Å². The molecule has 1 fully saturated rings. The van der Waals surface area contributed by atoms with E-state index in [1.54, 1.807) is 14.2 Å². The summed E-state index contributed by atoms with van der Waals surface area (Å²) in [5, 5.41) is 4.21. The second-order valence-corrected chi connectivity index (χ2v) is 9.62. The van der Waals surface area contributed by atoms with Crippen LogP contribution in [-0.4, -0.2) is 37.7 Å². The van der Waals surface area contributed by atoms with Crippen LogP contribution in [0.4, 0.5) is 5.82 Å². The third-order valence-corrected chi connectivity index (χ3v) is 7.34. The lowest BCUT2D eigenvalue weighted by Gasteiger charge is -2.31. The zero-order chi connectivity index (χ0) is 23.7. The van der Waals surface area contributed by atoms with Gasteiger partial charge in [-0.15, -0.1) is 0 Å². The molecule has 3 aromatic rings. The predicted molar refractivity (Wildman–Crippen MR) is 135 cm³/mol. The van der Waals surface area contributed by atoms with Crippen LogP contribution in [0.1, 0.15) is 54.1 Å². The maximum Gasteiger partial charge on any atom is 0.252 e.